The summed E-state index contributed by atoms with van der Waals surface area (Å²) in [6.45, 7) is 3.50. The van der Waals surface area contributed by atoms with E-state index in [0.29, 0.717) is 6.10 Å². The standard InChI is InChI=1S/C34H58O/c1-2-8-24-15-17-25(18-16-24)29-12-7-11-28-20-19-26-9-3-5-13-30(26)33(28)34-31-14-6-4-10-27(31)21-22-32(34)35-23-29/h24-34H,2-23H2,1H3. The maximum Gasteiger partial charge on any atom is 0.0609 e. The summed E-state index contributed by atoms with van der Waals surface area (Å²) < 4.78 is 7.24. The Morgan fingerprint density at radius 1 is 0.486 bits per heavy atom. The monoisotopic (exact) mass is 482 g/mol. The average Bonchev–Trinajstić information content (AvgIpc) is 2.91. The Bertz CT molecular complexity index is 649. The zero-order valence-electron chi connectivity index (χ0n) is 23.3. The van der Waals surface area contributed by atoms with Crippen LogP contribution in [-0.2, 0) is 4.74 Å². The highest BCUT2D eigenvalue weighted by atomic mass is 16.5. The van der Waals surface area contributed by atoms with E-state index in [1.54, 1.807) is 44.9 Å². The SMILES string of the molecule is CCCC1CCC(C2CCCC3CCC4CCCCC4C3C3C(CCC4CCCCC43)OC2)CC1. The molecule has 1 aliphatic heterocycles. The van der Waals surface area contributed by atoms with Gasteiger partial charge in [0.1, 0.15) is 0 Å². The third-order valence-electron chi connectivity index (χ3n) is 13.0. The topological polar surface area (TPSA) is 9.23 Å². The van der Waals surface area contributed by atoms with Gasteiger partial charge in [0, 0.05) is 0 Å². The van der Waals surface area contributed by atoms with Gasteiger partial charge in [0.2, 0.25) is 0 Å². The average molecular weight is 483 g/mol. The van der Waals surface area contributed by atoms with E-state index in [-0.39, 0.29) is 0 Å². The molecule has 1 saturated heterocycles. The quantitative estimate of drug-likeness (QED) is 0.389. The fraction of sp³-hybridized carbons (Fsp3) is 1.00. The van der Waals surface area contributed by atoms with Crippen LogP contribution < -0.4 is 0 Å². The summed E-state index contributed by atoms with van der Waals surface area (Å²) in [5.74, 6) is 10.0. The molecule has 0 bridgehead atoms. The van der Waals surface area contributed by atoms with Crippen LogP contribution in [0.1, 0.15) is 142 Å². The van der Waals surface area contributed by atoms with Gasteiger partial charge in [-0.1, -0.05) is 84.0 Å². The molecule has 0 N–H and O–H groups in total. The smallest absolute Gasteiger partial charge is 0.0609 e. The van der Waals surface area contributed by atoms with Crippen molar-refractivity contribution in [2.75, 3.05) is 6.61 Å². The first kappa shape index (κ1) is 25.2. The van der Waals surface area contributed by atoms with Crippen LogP contribution in [0, 0.1) is 59.2 Å². The highest BCUT2D eigenvalue weighted by Crippen LogP contribution is 2.58. The molecule has 35 heavy (non-hydrogen) atoms. The summed E-state index contributed by atoms with van der Waals surface area (Å²) >= 11 is 0. The largest absolute Gasteiger partial charge is 0.378 e. The maximum absolute atomic E-state index is 7.24. The Labute approximate surface area is 218 Å². The summed E-state index contributed by atoms with van der Waals surface area (Å²) in [7, 11) is 0. The molecule has 1 heterocycles. The first-order valence-corrected chi connectivity index (χ1v) is 16.9. The summed E-state index contributed by atoms with van der Waals surface area (Å²) in [5, 5.41) is 0. The molecular formula is C34H58O. The zero-order valence-corrected chi connectivity index (χ0v) is 23.3. The van der Waals surface area contributed by atoms with Crippen LogP contribution in [0.5, 0.6) is 0 Å². The summed E-state index contributed by atoms with van der Waals surface area (Å²) in [5.41, 5.74) is 0. The van der Waals surface area contributed by atoms with Crippen LogP contribution in [0.15, 0.2) is 0 Å². The maximum atomic E-state index is 7.24. The zero-order chi connectivity index (χ0) is 23.6. The molecule has 0 spiro atoms. The molecule has 0 radical (unpaired) electrons. The van der Waals surface area contributed by atoms with Gasteiger partial charge in [0.15, 0.2) is 0 Å². The fourth-order valence-electron chi connectivity index (χ4n) is 11.4. The van der Waals surface area contributed by atoms with Crippen molar-refractivity contribution in [2.45, 2.75) is 148 Å². The second-order valence-electron chi connectivity index (χ2n) is 14.6. The molecule has 5 saturated carbocycles. The molecule has 6 fully saturated rings. The van der Waals surface area contributed by atoms with Gasteiger partial charge >= 0.3 is 0 Å². The molecule has 6 rings (SSSR count). The van der Waals surface area contributed by atoms with Gasteiger partial charge in [-0.05, 0) is 117 Å². The van der Waals surface area contributed by atoms with Crippen molar-refractivity contribution < 1.29 is 4.74 Å². The van der Waals surface area contributed by atoms with Crippen LogP contribution in [0.25, 0.3) is 0 Å². The number of fused-ring (bicyclic) bond motifs is 7. The van der Waals surface area contributed by atoms with Gasteiger partial charge in [-0.3, -0.25) is 0 Å². The Morgan fingerprint density at radius 3 is 1.80 bits per heavy atom. The van der Waals surface area contributed by atoms with Gasteiger partial charge in [-0.25, -0.2) is 0 Å². The minimum Gasteiger partial charge on any atom is -0.378 e. The van der Waals surface area contributed by atoms with E-state index < -0.39 is 0 Å². The Hall–Kier alpha value is -0.0400. The molecule has 0 amide bonds. The van der Waals surface area contributed by atoms with Crippen molar-refractivity contribution >= 4 is 0 Å². The van der Waals surface area contributed by atoms with Crippen LogP contribution >= 0.6 is 0 Å². The second-order valence-corrected chi connectivity index (χ2v) is 14.6. The van der Waals surface area contributed by atoms with Crippen molar-refractivity contribution in [1.29, 1.82) is 0 Å². The molecule has 1 nitrogen and oxygen atoms in total. The number of rotatable bonds is 3. The number of hydrogen-bond donors (Lipinski definition) is 0. The van der Waals surface area contributed by atoms with Gasteiger partial charge < -0.3 is 4.74 Å². The van der Waals surface area contributed by atoms with E-state index in [1.165, 1.54) is 89.9 Å². The van der Waals surface area contributed by atoms with Crippen LogP contribution in [-0.4, -0.2) is 12.7 Å². The lowest BCUT2D eigenvalue weighted by molar-refractivity contribution is -0.138. The summed E-state index contributed by atoms with van der Waals surface area (Å²) in [6.07, 6.45) is 32.4. The minimum absolute atomic E-state index is 0.611. The lowest BCUT2D eigenvalue weighted by atomic mass is 9.50. The number of hydrogen-bond acceptors (Lipinski definition) is 1. The van der Waals surface area contributed by atoms with Gasteiger partial charge in [0.05, 0.1) is 12.7 Å². The molecule has 1 heteroatoms. The Morgan fingerprint density at radius 2 is 1.06 bits per heavy atom. The molecule has 5 aliphatic carbocycles. The van der Waals surface area contributed by atoms with E-state index in [2.05, 4.69) is 6.92 Å². The third kappa shape index (κ3) is 5.43. The minimum atomic E-state index is 0.611. The normalized spacial score (nSPS) is 49.1. The van der Waals surface area contributed by atoms with Gasteiger partial charge in [-0.15, -0.1) is 0 Å². The van der Waals surface area contributed by atoms with Crippen LogP contribution in [0.4, 0.5) is 0 Å². The van der Waals surface area contributed by atoms with E-state index in [1.807, 2.05) is 0 Å². The van der Waals surface area contributed by atoms with Gasteiger partial charge in [-0.2, -0.15) is 0 Å². The molecule has 0 aromatic carbocycles. The molecular weight excluding hydrogens is 424 g/mol. The van der Waals surface area contributed by atoms with Crippen molar-refractivity contribution in [3.63, 3.8) is 0 Å². The molecule has 200 valence electrons. The third-order valence-corrected chi connectivity index (χ3v) is 13.0. The highest BCUT2D eigenvalue weighted by Gasteiger charge is 2.52. The molecule has 6 aliphatic rings. The summed E-state index contributed by atoms with van der Waals surface area (Å²) in [4.78, 5) is 0. The van der Waals surface area contributed by atoms with Crippen LogP contribution in [0.2, 0.25) is 0 Å². The van der Waals surface area contributed by atoms with E-state index in [0.717, 1.165) is 65.8 Å². The lowest BCUT2D eigenvalue weighted by Gasteiger charge is -2.56. The number of ether oxygens (including phenoxy) is 1. The van der Waals surface area contributed by atoms with Crippen molar-refractivity contribution in [3.05, 3.63) is 0 Å². The molecule has 9 unspecified atom stereocenters. The molecule has 0 aromatic rings. The van der Waals surface area contributed by atoms with Gasteiger partial charge in [0.25, 0.3) is 0 Å². The molecule has 0 aromatic heterocycles. The van der Waals surface area contributed by atoms with Crippen molar-refractivity contribution in [3.8, 4) is 0 Å². The second kappa shape index (κ2) is 11.8. The predicted octanol–water partition coefficient (Wildman–Crippen LogP) is 9.83. The van der Waals surface area contributed by atoms with Crippen LogP contribution in [0.3, 0.4) is 0 Å². The molecule has 9 atom stereocenters. The Balaban J connectivity index is 1.22. The first-order chi connectivity index (χ1) is 17.3. The van der Waals surface area contributed by atoms with E-state index in [4.69, 9.17) is 4.74 Å². The van der Waals surface area contributed by atoms with E-state index >= 15 is 0 Å². The Kier molecular flexibility index (Phi) is 8.50. The summed E-state index contributed by atoms with van der Waals surface area (Å²) in [6, 6.07) is 0. The first-order valence-electron chi connectivity index (χ1n) is 16.9. The fourth-order valence-corrected chi connectivity index (χ4v) is 11.4. The highest BCUT2D eigenvalue weighted by molar-refractivity contribution is 5.01. The lowest BCUT2D eigenvalue weighted by Crippen LogP contribution is -2.52. The van der Waals surface area contributed by atoms with E-state index in [9.17, 15) is 0 Å². The predicted molar refractivity (Wildman–Crippen MR) is 147 cm³/mol. The van der Waals surface area contributed by atoms with Crippen molar-refractivity contribution in [2.24, 2.45) is 59.2 Å². The van der Waals surface area contributed by atoms with Crippen molar-refractivity contribution in [1.82, 2.24) is 0 Å².